The fourth-order valence-corrected chi connectivity index (χ4v) is 2.73. The zero-order chi connectivity index (χ0) is 18.6. The summed E-state index contributed by atoms with van der Waals surface area (Å²) in [7, 11) is 0. The maximum atomic E-state index is 13.1. The summed E-state index contributed by atoms with van der Waals surface area (Å²) < 4.78 is 18.2. The first-order chi connectivity index (χ1) is 11.8. The molecule has 0 saturated carbocycles. The summed E-state index contributed by atoms with van der Waals surface area (Å²) in [6.45, 7) is 3.18. The van der Waals surface area contributed by atoms with E-state index in [0.717, 1.165) is 6.07 Å². The first-order valence-electron chi connectivity index (χ1n) is 7.50. The van der Waals surface area contributed by atoms with E-state index < -0.39 is 29.8 Å². The Balaban J connectivity index is 1.98. The van der Waals surface area contributed by atoms with Gasteiger partial charge in [0.25, 0.3) is 5.91 Å². The topological polar surface area (TPSA) is 55.4 Å². The van der Waals surface area contributed by atoms with Crippen molar-refractivity contribution < 1.29 is 18.7 Å². The number of hydrogen-bond acceptors (Lipinski definition) is 3. The molecule has 0 bridgehead atoms. The number of carbonyl (C=O) groups is 2. The standard InChI is InChI=1S/C18H16Cl2FNO3/c1-10(15-7-6-13(19)9-16(15)20)22-17(23)11(2)25-18(24)12-4-3-5-14(21)8-12/h3-11H,1-2H3,(H,22,23)/t10-,11+/m1/s1. The van der Waals surface area contributed by atoms with Crippen LogP contribution in [0.25, 0.3) is 0 Å². The number of amides is 1. The average Bonchev–Trinajstić information content (AvgIpc) is 2.54. The van der Waals surface area contributed by atoms with Crippen LogP contribution in [0.1, 0.15) is 35.8 Å². The monoisotopic (exact) mass is 383 g/mol. The normalized spacial score (nSPS) is 13.0. The minimum atomic E-state index is -1.05. The molecule has 1 amide bonds. The number of esters is 1. The second-order valence-corrected chi connectivity index (χ2v) is 6.30. The lowest BCUT2D eigenvalue weighted by atomic mass is 10.1. The van der Waals surface area contributed by atoms with Gasteiger partial charge in [0, 0.05) is 10.0 Å². The van der Waals surface area contributed by atoms with Gasteiger partial charge in [-0.1, -0.05) is 35.3 Å². The maximum absolute atomic E-state index is 13.1. The van der Waals surface area contributed by atoms with E-state index in [4.69, 9.17) is 27.9 Å². The molecule has 0 aromatic heterocycles. The van der Waals surface area contributed by atoms with E-state index in [2.05, 4.69) is 5.32 Å². The van der Waals surface area contributed by atoms with Crippen LogP contribution in [0, 0.1) is 5.82 Å². The van der Waals surface area contributed by atoms with Crippen molar-refractivity contribution in [3.63, 3.8) is 0 Å². The number of nitrogens with one attached hydrogen (secondary N) is 1. The van der Waals surface area contributed by atoms with Crippen molar-refractivity contribution >= 4 is 35.1 Å². The predicted octanol–water partition coefficient (Wildman–Crippen LogP) is 4.56. The van der Waals surface area contributed by atoms with Gasteiger partial charge in [-0.2, -0.15) is 0 Å². The third kappa shape index (κ3) is 5.18. The van der Waals surface area contributed by atoms with Crippen LogP contribution in [0.4, 0.5) is 4.39 Å². The SMILES string of the molecule is C[C@H](OC(=O)c1cccc(F)c1)C(=O)N[C@H](C)c1ccc(Cl)cc1Cl. The highest BCUT2D eigenvalue weighted by Crippen LogP contribution is 2.26. The van der Waals surface area contributed by atoms with Crippen LogP contribution in [0.2, 0.25) is 10.0 Å². The number of ether oxygens (including phenoxy) is 1. The molecule has 7 heteroatoms. The first-order valence-corrected chi connectivity index (χ1v) is 8.25. The largest absolute Gasteiger partial charge is 0.449 e. The Morgan fingerprint density at radius 2 is 1.84 bits per heavy atom. The molecule has 25 heavy (non-hydrogen) atoms. The van der Waals surface area contributed by atoms with Crippen molar-refractivity contribution in [3.8, 4) is 0 Å². The third-order valence-electron chi connectivity index (χ3n) is 3.50. The van der Waals surface area contributed by atoms with Gasteiger partial charge in [-0.3, -0.25) is 4.79 Å². The van der Waals surface area contributed by atoms with Crippen molar-refractivity contribution in [2.45, 2.75) is 26.0 Å². The van der Waals surface area contributed by atoms with Crippen LogP contribution in [-0.2, 0) is 9.53 Å². The Labute approximate surface area is 154 Å². The van der Waals surface area contributed by atoms with Crippen LogP contribution < -0.4 is 5.32 Å². The summed E-state index contributed by atoms with van der Waals surface area (Å²) in [5.41, 5.74) is 0.719. The molecule has 2 rings (SSSR count). The minimum Gasteiger partial charge on any atom is -0.449 e. The first kappa shape index (κ1) is 19.2. The van der Waals surface area contributed by atoms with E-state index in [1.807, 2.05) is 0 Å². The molecule has 0 radical (unpaired) electrons. The smallest absolute Gasteiger partial charge is 0.339 e. The van der Waals surface area contributed by atoms with Gasteiger partial charge in [0.05, 0.1) is 11.6 Å². The van der Waals surface area contributed by atoms with E-state index in [1.165, 1.54) is 25.1 Å². The highest BCUT2D eigenvalue weighted by atomic mass is 35.5. The van der Waals surface area contributed by atoms with E-state index >= 15 is 0 Å². The Morgan fingerprint density at radius 1 is 1.12 bits per heavy atom. The molecule has 132 valence electrons. The lowest BCUT2D eigenvalue weighted by molar-refractivity contribution is -0.129. The van der Waals surface area contributed by atoms with E-state index in [1.54, 1.807) is 25.1 Å². The molecule has 1 N–H and O–H groups in total. The molecule has 0 aliphatic carbocycles. The van der Waals surface area contributed by atoms with Crippen LogP contribution in [0.3, 0.4) is 0 Å². The van der Waals surface area contributed by atoms with Crippen LogP contribution in [0.5, 0.6) is 0 Å². The number of carbonyl (C=O) groups excluding carboxylic acids is 2. The van der Waals surface area contributed by atoms with Gasteiger partial charge in [0.2, 0.25) is 0 Å². The minimum absolute atomic E-state index is 0.0356. The van der Waals surface area contributed by atoms with E-state index in [9.17, 15) is 14.0 Å². The highest BCUT2D eigenvalue weighted by molar-refractivity contribution is 6.35. The lowest BCUT2D eigenvalue weighted by Crippen LogP contribution is -2.37. The van der Waals surface area contributed by atoms with Crippen LogP contribution >= 0.6 is 23.2 Å². The van der Waals surface area contributed by atoms with Crippen molar-refractivity contribution in [1.82, 2.24) is 5.32 Å². The molecule has 0 unspecified atom stereocenters. The second-order valence-electron chi connectivity index (χ2n) is 5.45. The molecular weight excluding hydrogens is 368 g/mol. The Hall–Kier alpha value is -2.11. The zero-order valence-electron chi connectivity index (χ0n) is 13.6. The molecular formula is C18H16Cl2FNO3. The summed E-state index contributed by atoms with van der Waals surface area (Å²) in [5.74, 6) is -1.83. The van der Waals surface area contributed by atoms with Crippen molar-refractivity contribution in [3.05, 3.63) is 69.5 Å². The van der Waals surface area contributed by atoms with E-state index in [-0.39, 0.29) is 5.56 Å². The quantitative estimate of drug-likeness (QED) is 0.770. The molecule has 2 atom stereocenters. The molecule has 4 nitrogen and oxygen atoms in total. The van der Waals surface area contributed by atoms with Gasteiger partial charge in [-0.25, -0.2) is 9.18 Å². The molecule has 0 heterocycles. The van der Waals surface area contributed by atoms with Gasteiger partial charge in [-0.15, -0.1) is 0 Å². The second kappa shape index (κ2) is 8.32. The molecule has 0 aliphatic heterocycles. The average molecular weight is 384 g/mol. The molecule has 0 aliphatic rings. The maximum Gasteiger partial charge on any atom is 0.339 e. The van der Waals surface area contributed by atoms with Crippen molar-refractivity contribution in [1.29, 1.82) is 0 Å². The summed E-state index contributed by atoms with van der Waals surface area (Å²) >= 11 is 12.0. The van der Waals surface area contributed by atoms with Gasteiger partial charge in [0.1, 0.15) is 5.82 Å². The Morgan fingerprint density at radius 3 is 2.48 bits per heavy atom. The van der Waals surface area contributed by atoms with Crippen molar-refractivity contribution in [2.75, 3.05) is 0 Å². The number of benzene rings is 2. The number of hydrogen-bond donors (Lipinski definition) is 1. The summed E-state index contributed by atoms with van der Waals surface area (Å²) in [6, 6.07) is 9.60. The zero-order valence-corrected chi connectivity index (χ0v) is 15.1. The molecule has 0 spiro atoms. The number of rotatable bonds is 5. The summed E-state index contributed by atoms with van der Waals surface area (Å²) in [5, 5.41) is 3.62. The molecule has 0 fully saturated rings. The highest BCUT2D eigenvalue weighted by Gasteiger charge is 2.22. The number of halogens is 3. The fraction of sp³-hybridized carbons (Fsp3) is 0.222. The Kier molecular flexibility index (Phi) is 6.39. The lowest BCUT2D eigenvalue weighted by Gasteiger charge is -2.19. The summed E-state index contributed by atoms with van der Waals surface area (Å²) in [4.78, 5) is 24.2. The molecule has 2 aromatic carbocycles. The van der Waals surface area contributed by atoms with Gasteiger partial charge in [-0.05, 0) is 49.7 Å². The van der Waals surface area contributed by atoms with Crippen LogP contribution in [-0.4, -0.2) is 18.0 Å². The summed E-state index contributed by atoms with van der Waals surface area (Å²) in [6.07, 6.45) is -1.05. The Bertz CT molecular complexity index is 798. The molecule has 2 aromatic rings. The third-order valence-corrected chi connectivity index (χ3v) is 4.06. The molecule has 0 saturated heterocycles. The fourth-order valence-electron chi connectivity index (χ4n) is 2.16. The predicted molar refractivity (Wildman–Crippen MR) is 94.3 cm³/mol. The van der Waals surface area contributed by atoms with Gasteiger partial charge < -0.3 is 10.1 Å². The van der Waals surface area contributed by atoms with Crippen LogP contribution in [0.15, 0.2) is 42.5 Å². The van der Waals surface area contributed by atoms with Gasteiger partial charge >= 0.3 is 5.97 Å². The van der Waals surface area contributed by atoms with Gasteiger partial charge in [0.15, 0.2) is 6.10 Å². The van der Waals surface area contributed by atoms with Crippen molar-refractivity contribution in [2.24, 2.45) is 0 Å². The van der Waals surface area contributed by atoms with E-state index in [0.29, 0.717) is 15.6 Å².